The Labute approximate surface area is 123 Å². The van der Waals surface area contributed by atoms with Crippen LogP contribution in [0.5, 0.6) is 0 Å². The van der Waals surface area contributed by atoms with Crippen LogP contribution in [0.3, 0.4) is 0 Å². The normalized spacial score (nSPS) is 27.7. The Kier molecular flexibility index (Phi) is 3.41. The zero-order valence-corrected chi connectivity index (χ0v) is 12.2. The first-order chi connectivity index (χ1) is 9.99. The molecule has 0 spiro atoms. The molecular weight excluding hydrogens is 270 g/mol. The molecule has 2 aliphatic rings. The van der Waals surface area contributed by atoms with Gasteiger partial charge in [-0.1, -0.05) is 6.07 Å². The van der Waals surface area contributed by atoms with Crippen LogP contribution in [0.4, 0.5) is 5.69 Å². The Morgan fingerprint density at radius 2 is 2.19 bits per heavy atom. The lowest BCUT2D eigenvalue weighted by Crippen LogP contribution is -2.38. The lowest BCUT2D eigenvalue weighted by atomic mass is 9.95. The van der Waals surface area contributed by atoms with Gasteiger partial charge in [-0.05, 0) is 37.3 Å². The first kappa shape index (κ1) is 14.0. The van der Waals surface area contributed by atoms with Crippen LogP contribution >= 0.6 is 0 Å². The lowest BCUT2D eigenvalue weighted by molar-refractivity contribution is -0.385. The zero-order valence-electron chi connectivity index (χ0n) is 12.2. The third-order valence-corrected chi connectivity index (χ3v) is 4.77. The Bertz CT molecular complexity index is 602. The van der Waals surface area contributed by atoms with E-state index in [2.05, 4.69) is 5.32 Å². The summed E-state index contributed by atoms with van der Waals surface area (Å²) in [6.45, 7) is 6.41. The second-order valence-electron chi connectivity index (χ2n) is 6.06. The van der Waals surface area contributed by atoms with Gasteiger partial charge in [-0.25, -0.2) is 0 Å². The number of nitro groups is 1. The average molecular weight is 289 g/mol. The van der Waals surface area contributed by atoms with E-state index in [9.17, 15) is 14.9 Å². The van der Waals surface area contributed by atoms with Gasteiger partial charge in [0.05, 0.1) is 4.92 Å². The molecule has 1 aromatic rings. The number of hydrogen-bond donors (Lipinski definition) is 1. The van der Waals surface area contributed by atoms with Gasteiger partial charge in [-0.15, -0.1) is 0 Å². The summed E-state index contributed by atoms with van der Waals surface area (Å²) < 4.78 is 0. The van der Waals surface area contributed by atoms with E-state index in [4.69, 9.17) is 0 Å². The minimum absolute atomic E-state index is 0.104. The molecule has 3 atom stereocenters. The highest BCUT2D eigenvalue weighted by atomic mass is 16.6. The van der Waals surface area contributed by atoms with Crippen molar-refractivity contribution in [3.05, 3.63) is 39.4 Å². The van der Waals surface area contributed by atoms with Crippen LogP contribution in [0.2, 0.25) is 0 Å². The molecule has 0 saturated carbocycles. The maximum absolute atomic E-state index is 12.8. The number of likely N-dealkylation sites (tertiary alicyclic amines) is 1. The van der Waals surface area contributed by atoms with Crippen LogP contribution in [0.15, 0.2) is 18.2 Å². The molecular formula is C15H19N3O3. The van der Waals surface area contributed by atoms with Crippen LogP contribution in [0.1, 0.15) is 22.8 Å². The number of fused-ring (bicyclic) bond motifs is 1. The quantitative estimate of drug-likeness (QED) is 0.662. The molecule has 3 rings (SSSR count). The van der Waals surface area contributed by atoms with Gasteiger partial charge in [0.25, 0.3) is 11.6 Å². The minimum atomic E-state index is -0.476. The lowest BCUT2D eigenvalue weighted by Gasteiger charge is -2.24. The molecule has 1 N–H and O–H groups in total. The van der Waals surface area contributed by atoms with Gasteiger partial charge in [0.15, 0.2) is 0 Å². The van der Waals surface area contributed by atoms with Gasteiger partial charge in [0.2, 0.25) is 0 Å². The number of nitrogens with zero attached hydrogens (tertiary/aromatic N) is 2. The van der Waals surface area contributed by atoms with Gasteiger partial charge in [0.1, 0.15) is 5.56 Å². The highest BCUT2D eigenvalue weighted by Gasteiger charge is 2.44. The number of carbonyl (C=O) groups excluding carboxylic acids is 1. The van der Waals surface area contributed by atoms with E-state index >= 15 is 0 Å². The van der Waals surface area contributed by atoms with Crippen LogP contribution in [0, 0.1) is 28.9 Å². The van der Waals surface area contributed by atoms with Gasteiger partial charge in [0, 0.05) is 31.7 Å². The molecule has 1 aromatic carbocycles. The molecule has 1 amide bonds. The summed E-state index contributed by atoms with van der Waals surface area (Å²) in [5.41, 5.74) is 0.963. The van der Waals surface area contributed by atoms with Crippen molar-refractivity contribution in [2.24, 2.45) is 11.8 Å². The van der Waals surface area contributed by atoms with E-state index in [0.29, 0.717) is 18.4 Å². The topological polar surface area (TPSA) is 75.5 Å². The van der Waals surface area contributed by atoms with Crippen molar-refractivity contribution in [1.82, 2.24) is 10.2 Å². The Balaban J connectivity index is 1.92. The Hall–Kier alpha value is -1.95. The molecule has 0 aliphatic carbocycles. The van der Waals surface area contributed by atoms with Crippen LogP contribution < -0.4 is 5.32 Å². The molecule has 6 heteroatoms. The molecule has 112 valence electrons. The molecule has 2 fully saturated rings. The molecule has 6 nitrogen and oxygen atoms in total. The van der Waals surface area contributed by atoms with Gasteiger partial charge >= 0.3 is 0 Å². The zero-order chi connectivity index (χ0) is 15.1. The van der Waals surface area contributed by atoms with Crippen LogP contribution in [-0.4, -0.2) is 41.4 Å². The Morgan fingerprint density at radius 1 is 1.43 bits per heavy atom. The largest absolute Gasteiger partial charge is 0.335 e. The number of carbonyl (C=O) groups is 1. The minimum Gasteiger partial charge on any atom is -0.335 e. The van der Waals surface area contributed by atoms with Crippen molar-refractivity contribution in [2.75, 3.05) is 19.6 Å². The number of aryl methyl sites for hydroxylation is 1. The molecule has 0 radical (unpaired) electrons. The van der Waals surface area contributed by atoms with Crippen molar-refractivity contribution in [3.8, 4) is 0 Å². The van der Waals surface area contributed by atoms with E-state index in [1.165, 1.54) is 6.07 Å². The maximum Gasteiger partial charge on any atom is 0.282 e. The van der Waals surface area contributed by atoms with Crippen LogP contribution in [0.25, 0.3) is 0 Å². The predicted octanol–water partition coefficient (Wildman–Crippen LogP) is 1.58. The van der Waals surface area contributed by atoms with Crippen molar-refractivity contribution in [1.29, 1.82) is 0 Å². The summed E-state index contributed by atoms with van der Waals surface area (Å²) in [5.74, 6) is 0.706. The molecule has 2 saturated heterocycles. The van der Waals surface area contributed by atoms with E-state index in [1.807, 2.05) is 13.8 Å². The van der Waals surface area contributed by atoms with E-state index in [1.54, 1.807) is 17.0 Å². The fraction of sp³-hybridized carbons (Fsp3) is 0.533. The maximum atomic E-state index is 12.8. The summed E-state index contributed by atoms with van der Waals surface area (Å²) in [6, 6.07) is 4.84. The molecule has 21 heavy (non-hydrogen) atoms. The smallest absolute Gasteiger partial charge is 0.282 e. The van der Waals surface area contributed by atoms with Crippen molar-refractivity contribution >= 4 is 11.6 Å². The number of amides is 1. The average Bonchev–Trinajstić information content (AvgIpc) is 3.01. The number of nitro benzene ring substituents is 1. The van der Waals surface area contributed by atoms with Crippen molar-refractivity contribution < 1.29 is 9.72 Å². The van der Waals surface area contributed by atoms with Gasteiger partial charge < -0.3 is 10.2 Å². The number of hydrogen-bond acceptors (Lipinski definition) is 4. The highest BCUT2D eigenvalue weighted by Crippen LogP contribution is 2.34. The molecule has 3 unspecified atom stereocenters. The highest BCUT2D eigenvalue weighted by molar-refractivity contribution is 5.98. The molecule has 2 heterocycles. The molecule has 0 bridgehead atoms. The molecule has 2 aliphatic heterocycles. The van der Waals surface area contributed by atoms with Crippen LogP contribution in [-0.2, 0) is 0 Å². The monoisotopic (exact) mass is 289 g/mol. The Morgan fingerprint density at radius 3 is 2.86 bits per heavy atom. The SMILES string of the molecule is Cc1ccc([N+](=O)[O-])c(C(=O)N2CC3CNCC3C2C)c1. The predicted molar refractivity (Wildman–Crippen MR) is 78.2 cm³/mol. The fourth-order valence-corrected chi connectivity index (χ4v) is 3.57. The summed E-state index contributed by atoms with van der Waals surface area (Å²) >= 11 is 0. The van der Waals surface area contributed by atoms with Crippen molar-refractivity contribution in [3.63, 3.8) is 0 Å². The third-order valence-electron chi connectivity index (χ3n) is 4.77. The number of nitrogens with one attached hydrogen (secondary N) is 1. The number of rotatable bonds is 2. The van der Waals surface area contributed by atoms with E-state index < -0.39 is 4.92 Å². The van der Waals surface area contributed by atoms with E-state index in [0.717, 1.165) is 18.7 Å². The number of benzene rings is 1. The summed E-state index contributed by atoms with van der Waals surface area (Å²) in [5, 5.41) is 14.5. The van der Waals surface area contributed by atoms with Crippen molar-refractivity contribution in [2.45, 2.75) is 19.9 Å². The van der Waals surface area contributed by atoms with E-state index in [-0.39, 0.29) is 23.2 Å². The summed E-state index contributed by atoms with van der Waals surface area (Å²) in [6.07, 6.45) is 0. The fourth-order valence-electron chi connectivity index (χ4n) is 3.57. The van der Waals surface area contributed by atoms with Gasteiger partial charge in [-0.3, -0.25) is 14.9 Å². The van der Waals surface area contributed by atoms with Gasteiger partial charge in [-0.2, -0.15) is 0 Å². The summed E-state index contributed by atoms with van der Waals surface area (Å²) in [4.78, 5) is 25.2. The third kappa shape index (κ3) is 2.29. The second-order valence-corrected chi connectivity index (χ2v) is 6.06. The molecule has 0 aromatic heterocycles. The second kappa shape index (κ2) is 5.11. The first-order valence-corrected chi connectivity index (χ1v) is 7.25. The first-order valence-electron chi connectivity index (χ1n) is 7.25. The summed E-state index contributed by atoms with van der Waals surface area (Å²) in [7, 11) is 0. The standard InChI is InChI=1S/C15H19N3O3/c1-9-3-4-14(18(20)21)12(5-9)15(19)17-8-11-6-16-7-13(11)10(17)2/h3-5,10-11,13,16H,6-8H2,1-2H3.